The van der Waals surface area contributed by atoms with Crippen LogP contribution in [-0.4, -0.2) is 63.2 Å². The highest BCUT2D eigenvalue weighted by Gasteiger charge is 2.22. The molecule has 0 atom stereocenters. The van der Waals surface area contributed by atoms with Crippen LogP contribution in [0.5, 0.6) is 11.5 Å². The summed E-state index contributed by atoms with van der Waals surface area (Å²) in [5.74, 6) is 3.51. The van der Waals surface area contributed by atoms with Gasteiger partial charge in [0.15, 0.2) is 5.82 Å². The zero-order valence-electron chi connectivity index (χ0n) is 21.3. The molecular formula is C27H30N6O4. The van der Waals surface area contributed by atoms with E-state index >= 15 is 0 Å². The average Bonchev–Trinajstić information content (AvgIpc) is 3.63. The van der Waals surface area contributed by atoms with Crippen LogP contribution in [0.15, 0.2) is 51.4 Å². The first-order valence-electron chi connectivity index (χ1n) is 12.4. The number of aromatic nitrogens is 4. The van der Waals surface area contributed by atoms with E-state index in [0.29, 0.717) is 48.0 Å². The molecule has 10 heteroatoms. The van der Waals surface area contributed by atoms with E-state index in [9.17, 15) is 4.79 Å². The van der Waals surface area contributed by atoms with Gasteiger partial charge < -0.3 is 23.5 Å². The van der Waals surface area contributed by atoms with Crippen molar-refractivity contribution in [2.45, 2.75) is 39.2 Å². The molecule has 0 saturated carbocycles. The molecule has 0 bridgehead atoms. The second-order valence-corrected chi connectivity index (χ2v) is 9.42. The van der Waals surface area contributed by atoms with E-state index in [-0.39, 0.29) is 5.91 Å². The summed E-state index contributed by atoms with van der Waals surface area (Å²) in [7, 11) is 4.08. The van der Waals surface area contributed by atoms with Crippen LogP contribution >= 0.6 is 0 Å². The van der Waals surface area contributed by atoms with Gasteiger partial charge in [-0.3, -0.25) is 4.79 Å². The van der Waals surface area contributed by atoms with Crippen molar-refractivity contribution in [3.8, 4) is 34.4 Å². The largest absolute Gasteiger partial charge is 0.457 e. The van der Waals surface area contributed by atoms with E-state index in [4.69, 9.17) is 13.7 Å². The van der Waals surface area contributed by atoms with Crippen molar-refractivity contribution < 1.29 is 18.5 Å². The van der Waals surface area contributed by atoms with Crippen molar-refractivity contribution in [2.75, 3.05) is 27.2 Å². The molecule has 1 amide bonds. The average molecular weight is 503 g/mol. The third kappa shape index (κ3) is 6.03. The van der Waals surface area contributed by atoms with Gasteiger partial charge in [0.05, 0.1) is 0 Å². The maximum atomic E-state index is 12.3. The normalized spacial score (nSPS) is 13.6. The molecule has 1 aliphatic heterocycles. The Morgan fingerprint density at radius 2 is 1.86 bits per heavy atom. The Balaban J connectivity index is 1.38. The predicted molar refractivity (Wildman–Crippen MR) is 136 cm³/mol. The molecule has 5 rings (SSSR count). The molecule has 192 valence electrons. The number of amides is 1. The number of hydrogen-bond donors (Lipinski definition) is 0. The van der Waals surface area contributed by atoms with E-state index in [1.54, 1.807) is 6.92 Å². The highest BCUT2D eigenvalue weighted by molar-refractivity contribution is 5.78. The van der Waals surface area contributed by atoms with Crippen LogP contribution in [0.3, 0.4) is 0 Å². The van der Waals surface area contributed by atoms with Crippen molar-refractivity contribution in [3.63, 3.8) is 0 Å². The van der Waals surface area contributed by atoms with Crippen LogP contribution in [0.1, 0.15) is 36.5 Å². The molecule has 2 aromatic heterocycles. The Labute approximate surface area is 215 Å². The summed E-state index contributed by atoms with van der Waals surface area (Å²) < 4.78 is 17.5. The Morgan fingerprint density at radius 1 is 1.05 bits per heavy atom. The fraction of sp³-hybridized carbons (Fsp3) is 0.370. The number of carbonyl (C=O) groups excluding carboxylic acids is 1. The Bertz CT molecular complexity index is 1360. The van der Waals surface area contributed by atoms with Crippen LogP contribution < -0.4 is 4.74 Å². The van der Waals surface area contributed by atoms with E-state index in [0.717, 1.165) is 49.0 Å². The molecular weight excluding hydrogens is 472 g/mol. The first-order chi connectivity index (χ1) is 17.9. The van der Waals surface area contributed by atoms with Gasteiger partial charge in [-0.2, -0.15) is 4.98 Å². The minimum absolute atomic E-state index is 0.161. The second-order valence-electron chi connectivity index (χ2n) is 9.42. The molecule has 4 aromatic rings. The lowest BCUT2D eigenvalue weighted by Crippen LogP contribution is -2.24. The van der Waals surface area contributed by atoms with Crippen molar-refractivity contribution in [1.82, 2.24) is 30.1 Å². The topological polar surface area (TPSA) is 111 Å². The number of carbonyl (C=O) groups is 1. The smallest absolute Gasteiger partial charge is 0.257 e. The van der Waals surface area contributed by atoms with Crippen LogP contribution in [-0.2, 0) is 17.8 Å². The molecule has 10 nitrogen and oxygen atoms in total. The van der Waals surface area contributed by atoms with Gasteiger partial charge in [-0.05, 0) is 76.8 Å². The molecule has 0 N–H and O–H groups in total. The Hall–Kier alpha value is -4.05. The summed E-state index contributed by atoms with van der Waals surface area (Å²) in [5, 5.41) is 12.3. The summed E-state index contributed by atoms with van der Waals surface area (Å²) in [6.45, 7) is 3.95. The van der Waals surface area contributed by atoms with Gasteiger partial charge >= 0.3 is 0 Å². The van der Waals surface area contributed by atoms with Crippen LogP contribution in [0.2, 0.25) is 0 Å². The fourth-order valence-corrected chi connectivity index (χ4v) is 4.21. The lowest BCUT2D eigenvalue weighted by atomic mass is 10.1. The molecule has 2 aromatic carbocycles. The van der Waals surface area contributed by atoms with Gasteiger partial charge in [0.25, 0.3) is 5.89 Å². The summed E-state index contributed by atoms with van der Waals surface area (Å²) in [6.07, 6.45) is 3.12. The molecule has 37 heavy (non-hydrogen) atoms. The summed E-state index contributed by atoms with van der Waals surface area (Å²) >= 11 is 0. The van der Waals surface area contributed by atoms with Gasteiger partial charge in [-0.25, -0.2) is 0 Å². The molecule has 1 aliphatic rings. The third-order valence-electron chi connectivity index (χ3n) is 6.17. The van der Waals surface area contributed by atoms with Crippen LogP contribution in [0.25, 0.3) is 22.9 Å². The highest BCUT2D eigenvalue weighted by atomic mass is 16.5. The summed E-state index contributed by atoms with van der Waals surface area (Å²) in [4.78, 5) is 20.5. The quantitative estimate of drug-likeness (QED) is 0.309. The monoisotopic (exact) mass is 502 g/mol. The number of rotatable bonds is 10. The number of ether oxygens (including phenoxy) is 1. The van der Waals surface area contributed by atoms with Crippen LogP contribution in [0.4, 0.5) is 0 Å². The predicted octanol–water partition coefficient (Wildman–Crippen LogP) is 4.50. The number of nitrogens with zero attached hydrogens (tertiary/aromatic N) is 6. The van der Waals surface area contributed by atoms with Gasteiger partial charge in [0.1, 0.15) is 11.5 Å². The zero-order chi connectivity index (χ0) is 25.8. The third-order valence-corrected chi connectivity index (χ3v) is 6.17. The number of aryl methyl sites for hydroxylation is 2. The zero-order valence-corrected chi connectivity index (χ0v) is 21.3. The Morgan fingerprint density at radius 3 is 2.57 bits per heavy atom. The minimum atomic E-state index is 0.161. The van der Waals surface area contributed by atoms with Gasteiger partial charge in [-0.15, -0.1) is 10.2 Å². The van der Waals surface area contributed by atoms with Crippen LogP contribution in [0, 0.1) is 6.92 Å². The molecule has 0 radical (unpaired) electrons. The van der Waals surface area contributed by atoms with E-state index in [1.807, 2.05) is 61.5 Å². The standard InChI is InChI=1S/C27H30N6O4/c1-18-28-26(37-31-18)19-10-12-22(13-11-19)35-23-16-20(8-9-21(23)17-33-15-5-7-25(33)34)27-30-29-24(36-27)6-4-14-32(2)3/h8-13,16H,4-7,14-15,17H2,1-3H3. The van der Waals surface area contributed by atoms with Gasteiger partial charge in [0, 0.05) is 42.6 Å². The molecule has 1 saturated heterocycles. The van der Waals surface area contributed by atoms with Crippen molar-refractivity contribution >= 4 is 5.91 Å². The first-order valence-corrected chi connectivity index (χ1v) is 12.4. The molecule has 0 aliphatic carbocycles. The van der Waals surface area contributed by atoms with Crippen molar-refractivity contribution in [2.24, 2.45) is 0 Å². The number of likely N-dealkylation sites (tertiary alicyclic amines) is 1. The fourth-order valence-electron chi connectivity index (χ4n) is 4.21. The van der Waals surface area contributed by atoms with Gasteiger partial charge in [0.2, 0.25) is 17.7 Å². The molecule has 0 spiro atoms. The van der Waals surface area contributed by atoms with E-state index < -0.39 is 0 Å². The second kappa shape index (κ2) is 10.9. The number of hydrogen-bond acceptors (Lipinski definition) is 9. The first kappa shape index (κ1) is 24.6. The minimum Gasteiger partial charge on any atom is -0.457 e. The SMILES string of the molecule is Cc1noc(-c2ccc(Oc3cc(-c4nnc(CCCN(C)C)o4)ccc3CN3CCCC3=O)cc2)n1. The lowest BCUT2D eigenvalue weighted by molar-refractivity contribution is -0.128. The van der Waals surface area contributed by atoms with Gasteiger partial charge in [-0.1, -0.05) is 11.2 Å². The van der Waals surface area contributed by atoms with E-state index in [2.05, 4.69) is 25.2 Å². The van der Waals surface area contributed by atoms with Crippen molar-refractivity contribution in [3.05, 3.63) is 59.7 Å². The lowest BCUT2D eigenvalue weighted by Gasteiger charge is -2.19. The molecule has 3 heterocycles. The maximum absolute atomic E-state index is 12.3. The Kier molecular flexibility index (Phi) is 7.27. The maximum Gasteiger partial charge on any atom is 0.257 e. The summed E-state index contributed by atoms with van der Waals surface area (Å²) in [5.41, 5.74) is 2.47. The summed E-state index contributed by atoms with van der Waals surface area (Å²) in [6, 6.07) is 13.2. The molecule has 1 fully saturated rings. The number of benzene rings is 2. The molecule has 0 unspecified atom stereocenters. The van der Waals surface area contributed by atoms with Crippen molar-refractivity contribution in [1.29, 1.82) is 0 Å². The van der Waals surface area contributed by atoms with E-state index in [1.165, 1.54) is 0 Å². The highest BCUT2D eigenvalue weighted by Crippen LogP contribution is 2.33.